The van der Waals surface area contributed by atoms with Gasteiger partial charge in [0.1, 0.15) is 11.9 Å². The van der Waals surface area contributed by atoms with Crippen molar-refractivity contribution in [2.45, 2.75) is 44.9 Å². The minimum atomic E-state index is -0.420. The molecule has 1 saturated carbocycles. The minimum Gasteiger partial charge on any atom is -0.216 e. The van der Waals surface area contributed by atoms with E-state index in [0.717, 1.165) is 37.7 Å². The molecule has 0 atom stereocenters. The molecule has 3 heteroatoms. The van der Waals surface area contributed by atoms with Gasteiger partial charge in [-0.05, 0) is 61.6 Å². The van der Waals surface area contributed by atoms with Gasteiger partial charge in [-0.25, -0.2) is 8.78 Å². The van der Waals surface area contributed by atoms with Crippen LogP contribution in [0.1, 0.15) is 49.7 Å². The van der Waals surface area contributed by atoms with E-state index < -0.39 is 5.82 Å². The van der Waals surface area contributed by atoms with Gasteiger partial charge in [-0.3, -0.25) is 0 Å². The van der Waals surface area contributed by atoms with E-state index in [2.05, 4.69) is 0 Å². The first kappa shape index (κ1) is 15.7. The highest BCUT2D eigenvalue weighted by molar-refractivity contribution is 5.33. The molecule has 1 nitrogen and oxygen atoms in total. The Hall–Kier alpha value is -1.69. The lowest BCUT2D eigenvalue weighted by Crippen LogP contribution is -2.14. The van der Waals surface area contributed by atoms with E-state index in [9.17, 15) is 8.78 Å². The molecule has 1 aliphatic rings. The lowest BCUT2D eigenvalue weighted by Gasteiger charge is -2.27. The van der Waals surface area contributed by atoms with Crippen LogP contribution in [0.25, 0.3) is 0 Å². The molecule has 0 unspecified atom stereocenters. The summed E-state index contributed by atoms with van der Waals surface area (Å²) in [6.07, 6.45) is 9.74. The van der Waals surface area contributed by atoms with Crippen LogP contribution in [0.5, 0.6) is 0 Å². The Kier molecular flexibility index (Phi) is 5.92. The van der Waals surface area contributed by atoms with Crippen LogP contribution in [0.2, 0.25) is 0 Å². The van der Waals surface area contributed by atoms with Crippen LogP contribution in [0.3, 0.4) is 0 Å². The number of allylic oxidation sites excluding steroid dienone is 1. The molecule has 0 radical (unpaired) electrons. The van der Waals surface area contributed by atoms with Gasteiger partial charge in [-0.15, -0.1) is 0 Å². The zero-order valence-electron chi connectivity index (χ0n) is 12.2. The lowest BCUT2D eigenvalue weighted by atomic mass is 9.78. The van der Waals surface area contributed by atoms with Crippen molar-refractivity contribution < 1.29 is 8.78 Å². The summed E-state index contributed by atoms with van der Waals surface area (Å²) in [7, 11) is 0. The zero-order valence-corrected chi connectivity index (χ0v) is 12.2. The topological polar surface area (TPSA) is 23.8 Å². The predicted octanol–water partition coefficient (Wildman–Crippen LogP) is 5.31. The normalized spacial score (nSPS) is 22.3. The number of halogens is 2. The van der Waals surface area contributed by atoms with Gasteiger partial charge < -0.3 is 0 Å². The third-order valence-corrected chi connectivity index (χ3v) is 4.52. The molecule has 112 valence electrons. The summed E-state index contributed by atoms with van der Waals surface area (Å²) in [4.78, 5) is 0. The summed E-state index contributed by atoms with van der Waals surface area (Å²) in [6, 6.07) is 6.73. The van der Waals surface area contributed by atoms with Crippen molar-refractivity contribution in [3.05, 3.63) is 47.5 Å². The largest absolute Gasteiger partial charge is 0.216 e. The van der Waals surface area contributed by atoms with Gasteiger partial charge in [-0.2, -0.15) is 5.26 Å². The van der Waals surface area contributed by atoms with Gasteiger partial charge in [0.15, 0.2) is 0 Å². The Bertz CT molecular complexity index is 523. The fourth-order valence-electron chi connectivity index (χ4n) is 3.18. The highest BCUT2D eigenvalue weighted by Gasteiger charge is 2.20. The van der Waals surface area contributed by atoms with Gasteiger partial charge in [0.2, 0.25) is 0 Å². The van der Waals surface area contributed by atoms with Gasteiger partial charge in [0.25, 0.3) is 0 Å². The van der Waals surface area contributed by atoms with E-state index in [1.54, 1.807) is 12.1 Å². The molecule has 0 N–H and O–H groups in total. The Morgan fingerprint density at radius 3 is 2.52 bits per heavy atom. The number of nitriles is 1. The standard InChI is InChI=1S/C18H21F2N/c19-11-1-2-14-3-5-15(6-4-14)7-8-16-9-10-17(13-21)18(20)12-16/h1,9-12,14-15H,2-8H2/b11-1+. The van der Waals surface area contributed by atoms with E-state index in [0.29, 0.717) is 18.2 Å². The molecular weight excluding hydrogens is 268 g/mol. The van der Waals surface area contributed by atoms with Crippen LogP contribution in [0.4, 0.5) is 8.78 Å². The quantitative estimate of drug-likeness (QED) is 0.720. The van der Waals surface area contributed by atoms with E-state index in [1.165, 1.54) is 18.9 Å². The van der Waals surface area contributed by atoms with E-state index in [1.807, 2.05) is 12.1 Å². The highest BCUT2D eigenvalue weighted by Crippen LogP contribution is 2.33. The van der Waals surface area contributed by atoms with Crippen molar-refractivity contribution in [2.75, 3.05) is 0 Å². The monoisotopic (exact) mass is 289 g/mol. The average Bonchev–Trinajstić information content (AvgIpc) is 2.52. The van der Waals surface area contributed by atoms with E-state index in [-0.39, 0.29) is 5.56 Å². The number of aryl methyl sites for hydroxylation is 1. The van der Waals surface area contributed by atoms with Crippen molar-refractivity contribution in [1.29, 1.82) is 5.26 Å². The smallest absolute Gasteiger partial charge is 0.141 e. The molecule has 1 aromatic carbocycles. The maximum absolute atomic E-state index is 13.5. The number of benzene rings is 1. The average molecular weight is 289 g/mol. The second-order valence-corrected chi connectivity index (χ2v) is 5.95. The summed E-state index contributed by atoms with van der Waals surface area (Å²) < 4.78 is 25.5. The summed E-state index contributed by atoms with van der Waals surface area (Å²) in [6.45, 7) is 0. The maximum Gasteiger partial charge on any atom is 0.141 e. The number of hydrogen-bond donors (Lipinski definition) is 0. The lowest BCUT2D eigenvalue weighted by molar-refractivity contribution is 0.264. The fraction of sp³-hybridized carbons (Fsp3) is 0.500. The maximum atomic E-state index is 13.5. The second-order valence-electron chi connectivity index (χ2n) is 5.95. The SMILES string of the molecule is N#Cc1ccc(CCC2CCC(C/C=C/F)CC2)cc1F. The first-order valence-corrected chi connectivity index (χ1v) is 7.66. The molecular formula is C18H21F2N. The summed E-state index contributed by atoms with van der Waals surface area (Å²) in [5.74, 6) is 0.895. The molecule has 0 bridgehead atoms. The number of nitrogens with zero attached hydrogens (tertiary/aromatic N) is 1. The number of hydrogen-bond acceptors (Lipinski definition) is 1. The predicted molar refractivity (Wildman–Crippen MR) is 79.7 cm³/mol. The first-order chi connectivity index (χ1) is 10.2. The number of rotatable bonds is 5. The molecule has 1 fully saturated rings. The third-order valence-electron chi connectivity index (χ3n) is 4.52. The van der Waals surface area contributed by atoms with Crippen molar-refractivity contribution in [2.24, 2.45) is 11.8 Å². The van der Waals surface area contributed by atoms with Gasteiger partial charge in [0.05, 0.1) is 11.9 Å². The molecule has 1 aliphatic carbocycles. The second kappa shape index (κ2) is 7.93. The van der Waals surface area contributed by atoms with Gasteiger partial charge in [0, 0.05) is 0 Å². The van der Waals surface area contributed by atoms with Crippen molar-refractivity contribution in [1.82, 2.24) is 0 Å². The Balaban J connectivity index is 1.77. The fourth-order valence-corrected chi connectivity index (χ4v) is 3.18. The summed E-state index contributed by atoms with van der Waals surface area (Å²) in [5, 5.41) is 8.71. The molecule has 0 aliphatic heterocycles. The zero-order chi connectivity index (χ0) is 15.1. The van der Waals surface area contributed by atoms with Crippen LogP contribution >= 0.6 is 0 Å². The van der Waals surface area contributed by atoms with Gasteiger partial charge >= 0.3 is 0 Å². The Morgan fingerprint density at radius 1 is 1.19 bits per heavy atom. The molecule has 0 saturated heterocycles. The molecule has 0 amide bonds. The Morgan fingerprint density at radius 2 is 1.90 bits per heavy atom. The van der Waals surface area contributed by atoms with Crippen molar-refractivity contribution in [3.63, 3.8) is 0 Å². The molecule has 1 aromatic rings. The molecule has 21 heavy (non-hydrogen) atoms. The van der Waals surface area contributed by atoms with Crippen LogP contribution < -0.4 is 0 Å². The first-order valence-electron chi connectivity index (χ1n) is 7.66. The third kappa shape index (κ3) is 4.67. The minimum absolute atomic E-state index is 0.111. The molecule has 0 spiro atoms. The summed E-state index contributed by atoms with van der Waals surface area (Å²) in [5.41, 5.74) is 1.08. The van der Waals surface area contributed by atoms with Crippen molar-refractivity contribution >= 4 is 0 Å². The van der Waals surface area contributed by atoms with E-state index >= 15 is 0 Å². The van der Waals surface area contributed by atoms with Crippen LogP contribution in [-0.4, -0.2) is 0 Å². The van der Waals surface area contributed by atoms with Gasteiger partial charge in [-0.1, -0.05) is 25.0 Å². The highest BCUT2D eigenvalue weighted by atomic mass is 19.1. The van der Waals surface area contributed by atoms with Crippen LogP contribution in [-0.2, 0) is 6.42 Å². The Labute approximate surface area is 125 Å². The van der Waals surface area contributed by atoms with E-state index in [4.69, 9.17) is 5.26 Å². The molecule has 0 heterocycles. The molecule has 2 rings (SSSR count). The molecule has 0 aromatic heterocycles. The van der Waals surface area contributed by atoms with Crippen LogP contribution in [0.15, 0.2) is 30.6 Å². The summed E-state index contributed by atoms with van der Waals surface area (Å²) >= 11 is 0. The van der Waals surface area contributed by atoms with Crippen LogP contribution in [0, 0.1) is 29.0 Å². The van der Waals surface area contributed by atoms with Crippen molar-refractivity contribution in [3.8, 4) is 6.07 Å².